The van der Waals surface area contributed by atoms with E-state index in [0.29, 0.717) is 0 Å². The van der Waals surface area contributed by atoms with Crippen LogP contribution in [0.3, 0.4) is 0 Å². The van der Waals surface area contributed by atoms with Crippen LogP contribution in [0.1, 0.15) is 43.3 Å². The van der Waals surface area contributed by atoms with E-state index in [2.05, 4.69) is 65.6 Å². The van der Waals surface area contributed by atoms with Gasteiger partial charge in [0, 0.05) is 12.1 Å². The lowest BCUT2D eigenvalue weighted by Crippen LogP contribution is -2.14. The summed E-state index contributed by atoms with van der Waals surface area (Å²) in [4.78, 5) is 9.03. The van der Waals surface area contributed by atoms with Crippen LogP contribution in [-0.4, -0.2) is 16.5 Å². The number of anilines is 2. The van der Waals surface area contributed by atoms with Crippen molar-refractivity contribution in [1.29, 1.82) is 0 Å². The molecule has 2 rings (SSSR count). The highest BCUT2D eigenvalue weighted by Crippen LogP contribution is 2.26. The Morgan fingerprint density at radius 2 is 1.67 bits per heavy atom. The highest BCUT2D eigenvalue weighted by atomic mass is 15.1. The highest BCUT2D eigenvalue weighted by molar-refractivity contribution is 5.58. The maximum atomic E-state index is 4.57. The van der Waals surface area contributed by atoms with Gasteiger partial charge in [0.05, 0.1) is 6.04 Å². The summed E-state index contributed by atoms with van der Waals surface area (Å²) in [6.45, 7) is 9.08. The molecular weight excluding hydrogens is 260 g/mol. The van der Waals surface area contributed by atoms with Crippen molar-refractivity contribution in [3.05, 3.63) is 47.3 Å². The molecule has 4 heteroatoms. The second-order valence-electron chi connectivity index (χ2n) is 5.14. The summed E-state index contributed by atoms with van der Waals surface area (Å²) < 4.78 is 0. The van der Waals surface area contributed by atoms with Crippen LogP contribution in [-0.2, 0) is 0 Å². The summed E-state index contributed by atoms with van der Waals surface area (Å²) in [5.41, 5.74) is 2.34. The molecule has 0 saturated heterocycles. The van der Waals surface area contributed by atoms with Crippen LogP contribution < -0.4 is 10.6 Å². The summed E-state index contributed by atoms with van der Waals surface area (Å²) in [6, 6.07) is 10.7. The molecule has 0 radical (unpaired) electrons. The SMILES string of the molecule is CCNc1nc(C)nc(NC(CC)c2ccccc2)c1C. The Morgan fingerprint density at radius 1 is 1.00 bits per heavy atom. The average molecular weight is 284 g/mol. The molecule has 2 N–H and O–H groups in total. The topological polar surface area (TPSA) is 49.8 Å². The van der Waals surface area contributed by atoms with Crippen molar-refractivity contribution in [2.75, 3.05) is 17.2 Å². The minimum absolute atomic E-state index is 0.258. The molecule has 4 nitrogen and oxygen atoms in total. The Kier molecular flexibility index (Phi) is 5.14. The molecule has 1 heterocycles. The third-order valence-corrected chi connectivity index (χ3v) is 3.52. The van der Waals surface area contributed by atoms with Crippen molar-refractivity contribution in [3.8, 4) is 0 Å². The molecule has 1 atom stereocenters. The van der Waals surface area contributed by atoms with Gasteiger partial charge in [0.1, 0.15) is 17.5 Å². The van der Waals surface area contributed by atoms with Gasteiger partial charge in [-0.3, -0.25) is 0 Å². The fourth-order valence-corrected chi connectivity index (χ4v) is 2.38. The van der Waals surface area contributed by atoms with Gasteiger partial charge in [-0.1, -0.05) is 37.3 Å². The smallest absolute Gasteiger partial charge is 0.135 e. The molecule has 21 heavy (non-hydrogen) atoms. The lowest BCUT2D eigenvalue weighted by Gasteiger charge is -2.20. The van der Waals surface area contributed by atoms with E-state index in [4.69, 9.17) is 0 Å². The molecule has 0 saturated carbocycles. The number of nitrogens with one attached hydrogen (secondary N) is 2. The maximum absolute atomic E-state index is 4.57. The zero-order valence-corrected chi connectivity index (χ0v) is 13.3. The van der Waals surface area contributed by atoms with E-state index in [9.17, 15) is 0 Å². The van der Waals surface area contributed by atoms with Crippen LogP contribution in [0.25, 0.3) is 0 Å². The Labute approximate surface area is 127 Å². The van der Waals surface area contributed by atoms with Crippen LogP contribution in [0, 0.1) is 13.8 Å². The number of benzene rings is 1. The Balaban J connectivity index is 2.29. The number of rotatable bonds is 6. The van der Waals surface area contributed by atoms with E-state index in [0.717, 1.165) is 36.0 Å². The molecule has 1 aromatic heterocycles. The van der Waals surface area contributed by atoms with E-state index in [1.54, 1.807) is 0 Å². The fraction of sp³-hybridized carbons (Fsp3) is 0.412. The summed E-state index contributed by atoms with van der Waals surface area (Å²) in [5.74, 6) is 2.60. The number of hydrogen-bond donors (Lipinski definition) is 2. The zero-order chi connectivity index (χ0) is 15.2. The van der Waals surface area contributed by atoms with Crippen molar-refractivity contribution in [3.63, 3.8) is 0 Å². The monoisotopic (exact) mass is 284 g/mol. The van der Waals surface area contributed by atoms with Gasteiger partial charge in [-0.2, -0.15) is 0 Å². The molecule has 0 amide bonds. The molecule has 0 aliphatic rings. The van der Waals surface area contributed by atoms with Gasteiger partial charge in [0.15, 0.2) is 0 Å². The van der Waals surface area contributed by atoms with E-state index in [-0.39, 0.29) is 6.04 Å². The lowest BCUT2D eigenvalue weighted by molar-refractivity contribution is 0.741. The highest BCUT2D eigenvalue weighted by Gasteiger charge is 2.14. The molecule has 1 aromatic carbocycles. The minimum atomic E-state index is 0.258. The van der Waals surface area contributed by atoms with Crippen molar-refractivity contribution in [2.45, 2.75) is 40.2 Å². The number of aromatic nitrogens is 2. The van der Waals surface area contributed by atoms with Gasteiger partial charge >= 0.3 is 0 Å². The summed E-state index contributed by atoms with van der Waals surface area (Å²) in [7, 11) is 0. The number of hydrogen-bond acceptors (Lipinski definition) is 4. The molecule has 0 spiro atoms. The first-order valence-corrected chi connectivity index (χ1v) is 7.56. The first-order chi connectivity index (χ1) is 10.2. The molecule has 2 aromatic rings. The summed E-state index contributed by atoms with van der Waals surface area (Å²) in [5, 5.41) is 6.86. The number of nitrogens with zero attached hydrogens (tertiary/aromatic N) is 2. The lowest BCUT2D eigenvalue weighted by atomic mass is 10.0. The van der Waals surface area contributed by atoms with Crippen LogP contribution in [0.4, 0.5) is 11.6 Å². The Bertz CT molecular complexity index is 581. The second kappa shape index (κ2) is 7.07. The Hall–Kier alpha value is -2.10. The minimum Gasteiger partial charge on any atom is -0.370 e. The van der Waals surface area contributed by atoms with Crippen LogP contribution in [0.5, 0.6) is 0 Å². The summed E-state index contributed by atoms with van der Waals surface area (Å²) >= 11 is 0. The van der Waals surface area contributed by atoms with Gasteiger partial charge in [-0.25, -0.2) is 9.97 Å². The first kappa shape index (κ1) is 15.3. The van der Waals surface area contributed by atoms with Crippen molar-refractivity contribution in [2.24, 2.45) is 0 Å². The molecule has 0 fully saturated rings. The Morgan fingerprint density at radius 3 is 2.29 bits per heavy atom. The van der Waals surface area contributed by atoms with Crippen molar-refractivity contribution < 1.29 is 0 Å². The number of aryl methyl sites for hydroxylation is 1. The van der Waals surface area contributed by atoms with Crippen molar-refractivity contribution >= 4 is 11.6 Å². The van der Waals surface area contributed by atoms with Gasteiger partial charge in [0.25, 0.3) is 0 Å². The standard InChI is InChI=1S/C17H24N4/c1-5-15(14-10-8-7-9-11-14)21-17-12(3)16(18-6-2)19-13(4)20-17/h7-11,15H,5-6H2,1-4H3,(H2,18,19,20,21). The van der Waals surface area contributed by atoms with E-state index >= 15 is 0 Å². The molecule has 0 bridgehead atoms. The van der Waals surface area contributed by atoms with Gasteiger partial charge in [-0.15, -0.1) is 0 Å². The fourth-order valence-electron chi connectivity index (χ4n) is 2.38. The summed E-state index contributed by atoms with van der Waals surface area (Å²) in [6.07, 6.45) is 1.00. The normalized spacial score (nSPS) is 12.0. The maximum Gasteiger partial charge on any atom is 0.135 e. The average Bonchev–Trinajstić information content (AvgIpc) is 2.50. The van der Waals surface area contributed by atoms with Gasteiger partial charge in [-0.05, 0) is 32.8 Å². The second-order valence-corrected chi connectivity index (χ2v) is 5.14. The quantitative estimate of drug-likeness (QED) is 0.839. The largest absolute Gasteiger partial charge is 0.370 e. The molecule has 1 unspecified atom stereocenters. The van der Waals surface area contributed by atoms with Crippen molar-refractivity contribution in [1.82, 2.24) is 9.97 Å². The van der Waals surface area contributed by atoms with Gasteiger partial charge in [0.2, 0.25) is 0 Å². The molecule has 112 valence electrons. The third kappa shape index (κ3) is 3.72. The predicted molar refractivity (Wildman–Crippen MR) is 88.8 cm³/mol. The van der Waals surface area contributed by atoms with Crippen LogP contribution in [0.15, 0.2) is 30.3 Å². The van der Waals surface area contributed by atoms with Gasteiger partial charge < -0.3 is 10.6 Å². The van der Waals surface area contributed by atoms with Crippen LogP contribution in [0.2, 0.25) is 0 Å². The molecule has 0 aliphatic carbocycles. The molecular formula is C17H24N4. The van der Waals surface area contributed by atoms with E-state index in [1.807, 2.05) is 13.0 Å². The predicted octanol–water partition coefficient (Wildman–Crippen LogP) is 4.09. The molecule has 0 aliphatic heterocycles. The van der Waals surface area contributed by atoms with E-state index in [1.165, 1.54) is 5.56 Å². The third-order valence-electron chi connectivity index (χ3n) is 3.52. The van der Waals surface area contributed by atoms with E-state index < -0.39 is 0 Å². The van der Waals surface area contributed by atoms with Crippen LogP contribution >= 0.6 is 0 Å². The zero-order valence-electron chi connectivity index (χ0n) is 13.3. The first-order valence-electron chi connectivity index (χ1n) is 7.56.